The van der Waals surface area contributed by atoms with Gasteiger partial charge in [0, 0.05) is 31.4 Å². The van der Waals surface area contributed by atoms with E-state index in [1.54, 1.807) is 6.20 Å². The standard InChI is InChI=1S/C18H26N4O2/c1-12(2)22(5)17-9-8-15(11-20-17)18(23)19-10-6-7-16-13(3)21-24-14(16)4/h8-9,11-12H,6-7,10H2,1-5H3,(H,19,23). The zero-order chi connectivity index (χ0) is 17.7. The molecule has 0 bridgehead atoms. The first-order valence-corrected chi connectivity index (χ1v) is 8.29. The van der Waals surface area contributed by atoms with Crippen molar-refractivity contribution in [1.29, 1.82) is 0 Å². The Morgan fingerprint density at radius 1 is 1.33 bits per heavy atom. The maximum absolute atomic E-state index is 12.2. The van der Waals surface area contributed by atoms with E-state index in [1.807, 2.05) is 33.0 Å². The second-order valence-electron chi connectivity index (χ2n) is 6.27. The molecule has 130 valence electrons. The average Bonchev–Trinajstić information content (AvgIpc) is 2.89. The zero-order valence-electron chi connectivity index (χ0n) is 15.1. The van der Waals surface area contributed by atoms with Gasteiger partial charge < -0.3 is 14.7 Å². The summed E-state index contributed by atoms with van der Waals surface area (Å²) in [5.74, 6) is 1.62. The Labute approximate surface area is 143 Å². The third-order valence-corrected chi connectivity index (χ3v) is 4.22. The van der Waals surface area contributed by atoms with Crippen molar-refractivity contribution in [3.63, 3.8) is 0 Å². The number of hydrogen-bond donors (Lipinski definition) is 1. The Hall–Kier alpha value is -2.37. The van der Waals surface area contributed by atoms with Crippen molar-refractivity contribution in [1.82, 2.24) is 15.5 Å². The van der Waals surface area contributed by atoms with E-state index in [0.29, 0.717) is 18.2 Å². The topological polar surface area (TPSA) is 71.3 Å². The molecule has 0 aromatic carbocycles. The third kappa shape index (κ3) is 4.34. The van der Waals surface area contributed by atoms with Crippen LogP contribution in [-0.2, 0) is 6.42 Å². The van der Waals surface area contributed by atoms with Crippen molar-refractivity contribution in [3.8, 4) is 0 Å². The lowest BCUT2D eigenvalue weighted by atomic mass is 10.1. The SMILES string of the molecule is Cc1noc(C)c1CCCNC(=O)c1ccc(N(C)C(C)C)nc1. The lowest BCUT2D eigenvalue weighted by Crippen LogP contribution is -2.27. The molecule has 0 spiro atoms. The van der Waals surface area contributed by atoms with Gasteiger partial charge in [-0.3, -0.25) is 4.79 Å². The van der Waals surface area contributed by atoms with Gasteiger partial charge in [0.25, 0.3) is 5.91 Å². The molecule has 0 atom stereocenters. The monoisotopic (exact) mass is 330 g/mol. The van der Waals surface area contributed by atoms with Crippen molar-refractivity contribution in [2.45, 2.75) is 46.6 Å². The molecule has 0 radical (unpaired) electrons. The second-order valence-corrected chi connectivity index (χ2v) is 6.27. The van der Waals surface area contributed by atoms with E-state index in [9.17, 15) is 4.79 Å². The minimum absolute atomic E-state index is 0.0972. The number of nitrogens with one attached hydrogen (secondary N) is 1. The maximum Gasteiger partial charge on any atom is 0.252 e. The molecule has 0 unspecified atom stereocenters. The van der Waals surface area contributed by atoms with Crippen LogP contribution in [0.5, 0.6) is 0 Å². The molecule has 0 aliphatic heterocycles. The summed E-state index contributed by atoms with van der Waals surface area (Å²) in [6.07, 6.45) is 3.31. The lowest BCUT2D eigenvalue weighted by Gasteiger charge is -2.22. The number of anilines is 1. The van der Waals surface area contributed by atoms with Crippen LogP contribution in [0.3, 0.4) is 0 Å². The van der Waals surface area contributed by atoms with Gasteiger partial charge >= 0.3 is 0 Å². The van der Waals surface area contributed by atoms with E-state index in [4.69, 9.17) is 4.52 Å². The van der Waals surface area contributed by atoms with Crippen LogP contribution < -0.4 is 10.2 Å². The van der Waals surface area contributed by atoms with Crippen LogP contribution in [0.15, 0.2) is 22.9 Å². The first kappa shape index (κ1) is 18.0. The van der Waals surface area contributed by atoms with Crippen LogP contribution in [-0.4, -0.2) is 35.7 Å². The van der Waals surface area contributed by atoms with Gasteiger partial charge in [-0.15, -0.1) is 0 Å². The van der Waals surface area contributed by atoms with E-state index < -0.39 is 0 Å². The Kier molecular flexibility index (Phi) is 5.95. The molecule has 2 aromatic rings. The van der Waals surface area contributed by atoms with E-state index in [2.05, 4.69) is 34.2 Å². The molecule has 2 heterocycles. The summed E-state index contributed by atoms with van der Waals surface area (Å²) in [6, 6.07) is 4.05. The molecule has 0 aliphatic rings. The van der Waals surface area contributed by atoms with Crippen molar-refractivity contribution in [2.24, 2.45) is 0 Å². The fraction of sp³-hybridized carbons (Fsp3) is 0.500. The van der Waals surface area contributed by atoms with Crippen molar-refractivity contribution in [3.05, 3.63) is 40.9 Å². The van der Waals surface area contributed by atoms with Gasteiger partial charge in [-0.2, -0.15) is 0 Å². The molecule has 0 saturated heterocycles. The number of nitrogens with zero attached hydrogens (tertiary/aromatic N) is 3. The summed E-state index contributed by atoms with van der Waals surface area (Å²) >= 11 is 0. The van der Waals surface area contributed by atoms with Crippen molar-refractivity contribution in [2.75, 3.05) is 18.5 Å². The normalized spacial score (nSPS) is 10.9. The number of carbonyl (C=O) groups is 1. The molecule has 2 rings (SSSR count). The van der Waals surface area contributed by atoms with E-state index in [-0.39, 0.29) is 5.91 Å². The van der Waals surface area contributed by atoms with Gasteiger partial charge in [0.15, 0.2) is 0 Å². The largest absolute Gasteiger partial charge is 0.361 e. The fourth-order valence-corrected chi connectivity index (χ4v) is 2.42. The molecular formula is C18H26N4O2. The minimum atomic E-state index is -0.0972. The van der Waals surface area contributed by atoms with Crippen molar-refractivity contribution < 1.29 is 9.32 Å². The van der Waals surface area contributed by atoms with Crippen LogP contribution in [0.1, 0.15) is 47.6 Å². The highest BCUT2D eigenvalue weighted by Gasteiger charge is 2.11. The van der Waals surface area contributed by atoms with Crippen LogP contribution in [0, 0.1) is 13.8 Å². The Morgan fingerprint density at radius 2 is 2.08 bits per heavy atom. The quantitative estimate of drug-likeness (QED) is 0.790. The molecule has 0 saturated carbocycles. The van der Waals surface area contributed by atoms with E-state index in [1.165, 1.54) is 0 Å². The number of rotatable bonds is 7. The Bertz CT molecular complexity index is 657. The first-order valence-electron chi connectivity index (χ1n) is 8.29. The molecule has 0 fully saturated rings. The molecule has 0 aliphatic carbocycles. The molecule has 6 nitrogen and oxygen atoms in total. The average molecular weight is 330 g/mol. The summed E-state index contributed by atoms with van der Waals surface area (Å²) in [6.45, 7) is 8.65. The number of aromatic nitrogens is 2. The van der Waals surface area contributed by atoms with Crippen LogP contribution in [0.4, 0.5) is 5.82 Å². The van der Waals surface area contributed by atoms with Crippen LogP contribution >= 0.6 is 0 Å². The molecule has 1 N–H and O–H groups in total. The van der Waals surface area contributed by atoms with Gasteiger partial charge in [-0.25, -0.2) is 4.98 Å². The fourth-order valence-electron chi connectivity index (χ4n) is 2.42. The minimum Gasteiger partial charge on any atom is -0.361 e. The summed E-state index contributed by atoms with van der Waals surface area (Å²) in [5, 5.41) is 6.87. The van der Waals surface area contributed by atoms with E-state index in [0.717, 1.165) is 35.7 Å². The Balaban J connectivity index is 1.82. The van der Waals surface area contributed by atoms with Gasteiger partial charge in [0.1, 0.15) is 11.6 Å². The molecule has 1 amide bonds. The summed E-state index contributed by atoms with van der Waals surface area (Å²) in [4.78, 5) is 18.6. The summed E-state index contributed by atoms with van der Waals surface area (Å²) in [7, 11) is 1.99. The number of carbonyl (C=O) groups excluding carboxylic acids is 1. The first-order chi connectivity index (χ1) is 11.4. The molecule has 2 aromatic heterocycles. The van der Waals surface area contributed by atoms with Gasteiger partial charge in [-0.1, -0.05) is 5.16 Å². The zero-order valence-corrected chi connectivity index (χ0v) is 15.1. The number of aryl methyl sites for hydroxylation is 2. The number of pyridine rings is 1. The predicted molar refractivity (Wildman–Crippen MR) is 94.4 cm³/mol. The maximum atomic E-state index is 12.2. The second kappa shape index (κ2) is 7.95. The molecule has 24 heavy (non-hydrogen) atoms. The highest BCUT2D eigenvalue weighted by Crippen LogP contribution is 2.14. The van der Waals surface area contributed by atoms with Crippen LogP contribution in [0.2, 0.25) is 0 Å². The smallest absolute Gasteiger partial charge is 0.252 e. The summed E-state index contributed by atoms with van der Waals surface area (Å²) in [5.41, 5.74) is 2.63. The van der Waals surface area contributed by atoms with Gasteiger partial charge in [0.05, 0.1) is 11.3 Å². The molecule has 6 heteroatoms. The number of hydrogen-bond acceptors (Lipinski definition) is 5. The van der Waals surface area contributed by atoms with Crippen LogP contribution in [0.25, 0.3) is 0 Å². The predicted octanol–water partition coefficient (Wildman–Crippen LogP) is 2.89. The lowest BCUT2D eigenvalue weighted by molar-refractivity contribution is 0.0953. The highest BCUT2D eigenvalue weighted by atomic mass is 16.5. The molecular weight excluding hydrogens is 304 g/mol. The van der Waals surface area contributed by atoms with Gasteiger partial charge in [-0.05, 0) is 52.7 Å². The highest BCUT2D eigenvalue weighted by molar-refractivity contribution is 5.94. The van der Waals surface area contributed by atoms with Crippen molar-refractivity contribution >= 4 is 11.7 Å². The van der Waals surface area contributed by atoms with Gasteiger partial charge in [0.2, 0.25) is 0 Å². The Morgan fingerprint density at radius 3 is 2.62 bits per heavy atom. The van der Waals surface area contributed by atoms with E-state index >= 15 is 0 Å². The number of amides is 1. The third-order valence-electron chi connectivity index (χ3n) is 4.22. The summed E-state index contributed by atoms with van der Waals surface area (Å²) < 4.78 is 5.14.